The largest absolute Gasteiger partial charge is 0.390 e. The van der Waals surface area contributed by atoms with Crippen LogP contribution in [0.15, 0.2) is 29.1 Å². The van der Waals surface area contributed by atoms with Gasteiger partial charge in [0.15, 0.2) is 5.82 Å². The van der Waals surface area contributed by atoms with Crippen molar-refractivity contribution in [3.63, 3.8) is 0 Å². The molecule has 90 valence electrons. The van der Waals surface area contributed by atoms with Crippen molar-refractivity contribution in [3.8, 4) is 0 Å². The Kier molecular flexibility index (Phi) is 3.36. The lowest BCUT2D eigenvalue weighted by atomic mass is 10.2. The average Bonchev–Trinajstić information content (AvgIpc) is 2.38. The second-order valence-corrected chi connectivity index (χ2v) is 3.72. The minimum Gasteiger partial charge on any atom is -0.390 e. The van der Waals surface area contributed by atoms with E-state index < -0.39 is 6.10 Å². The van der Waals surface area contributed by atoms with Gasteiger partial charge in [0.05, 0.1) is 11.5 Å². The van der Waals surface area contributed by atoms with Gasteiger partial charge in [-0.15, -0.1) is 0 Å². The molecule has 0 spiro atoms. The minimum absolute atomic E-state index is 0.175. The molecule has 0 aliphatic heterocycles. The molecule has 1 heterocycles. The zero-order chi connectivity index (χ0) is 12.3. The van der Waals surface area contributed by atoms with Crippen LogP contribution in [0.4, 0.5) is 5.82 Å². The molecule has 0 aliphatic carbocycles. The summed E-state index contributed by atoms with van der Waals surface area (Å²) in [6.45, 7) is 0.466. The number of hydrogen-bond donors (Lipinski definition) is 4. The Morgan fingerprint density at radius 1 is 1.41 bits per heavy atom. The topological polar surface area (TPSA) is 104 Å². The summed E-state index contributed by atoms with van der Waals surface area (Å²) in [5.74, 6) is 0.535. The average molecular weight is 234 g/mol. The minimum atomic E-state index is -0.637. The van der Waals surface area contributed by atoms with Crippen LogP contribution in [-0.4, -0.2) is 34.5 Å². The van der Waals surface area contributed by atoms with E-state index in [1.165, 1.54) is 0 Å². The van der Waals surface area contributed by atoms with Gasteiger partial charge in [-0.05, 0) is 6.07 Å². The van der Waals surface area contributed by atoms with Gasteiger partial charge in [0.25, 0.3) is 5.56 Å². The Hall–Kier alpha value is -1.92. The second kappa shape index (κ2) is 4.94. The molecule has 1 aromatic carbocycles. The van der Waals surface area contributed by atoms with Crippen molar-refractivity contribution in [1.82, 2.24) is 10.2 Å². The lowest BCUT2D eigenvalue weighted by Crippen LogP contribution is -2.28. The maximum atomic E-state index is 11.5. The van der Waals surface area contributed by atoms with E-state index in [9.17, 15) is 9.90 Å². The third-order valence-corrected chi connectivity index (χ3v) is 2.47. The van der Waals surface area contributed by atoms with E-state index in [-0.39, 0.29) is 12.1 Å². The van der Waals surface area contributed by atoms with E-state index in [0.717, 1.165) is 5.39 Å². The molecule has 2 rings (SSSR count). The smallest absolute Gasteiger partial charge is 0.272 e. The molecule has 0 amide bonds. The SMILES string of the molecule is NCC(O)CNc1n[nH]c(=O)c2ccccc12. The molecule has 2 aromatic rings. The Bertz CT molecular complexity index is 567. The summed E-state index contributed by atoms with van der Waals surface area (Å²) in [7, 11) is 0. The number of aromatic amines is 1. The number of anilines is 1. The van der Waals surface area contributed by atoms with Gasteiger partial charge in [0.2, 0.25) is 0 Å². The quantitative estimate of drug-likeness (QED) is 0.579. The summed E-state index contributed by atoms with van der Waals surface area (Å²) in [4.78, 5) is 11.5. The highest BCUT2D eigenvalue weighted by Crippen LogP contribution is 2.16. The number of benzene rings is 1. The van der Waals surface area contributed by atoms with Crippen LogP contribution in [0.2, 0.25) is 0 Å². The molecule has 0 fully saturated rings. The number of nitrogens with zero attached hydrogens (tertiary/aromatic N) is 1. The molecule has 6 heteroatoms. The number of rotatable bonds is 4. The summed E-state index contributed by atoms with van der Waals surface area (Å²) in [6.07, 6.45) is -0.637. The van der Waals surface area contributed by atoms with Gasteiger partial charge >= 0.3 is 0 Å². The maximum Gasteiger partial charge on any atom is 0.272 e. The first-order valence-corrected chi connectivity index (χ1v) is 5.32. The summed E-state index contributed by atoms with van der Waals surface area (Å²) in [5.41, 5.74) is 5.07. The third kappa shape index (κ3) is 2.43. The molecule has 1 unspecified atom stereocenters. The van der Waals surface area contributed by atoms with Crippen molar-refractivity contribution in [1.29, 1.82) is 0 Å². The van der Waals surface area contributed by atoms with Crippen molar-refractivity contribution in [3.05, 3.63) is 34.6 Å². The number of hydrogen-bond acceptors (Lipinski definition) is 5. The van der Waals surface area contributed by atoms with Gasteiger partial charge in [-0.25, -0.2) is 5.10 Å². The monoisotopic (exact) mass is 234 g/mol. The van der Waals surface area contributed by atoms with Crippen LogP contribution in [0.25, 0.3) is 10.8 Å². The molecule has 17 heavy (non-hydrogen) atoms. The predicted octanol–water partition coefficient (Wildman–Crippen LogP) is -0.345. The first kappa shape index (κ1) is 11.6. The lowest BCUT2D eigenvalue weighted by molar-refractivity contribution is 0.196. The predicted molar refractivity (Wildman–Crippen MR) is 65.9 cm³/mol. The fourth-order valence-corrected chi connectivity index (χ4v) is 1.55. The molecule has 0 aliphatic rings. The number of aliphatic hydroxyl groups excluding tert-OH is 1. The fourth-order valence-electron chi connectivity index (χ4n) is 1.55. The Balaban J connectivity index is 2.35. The maximum absolute atomic E-state index is 11.5. The normalized spacial score (nSPS) is 12.6. The van der Waals surface area contributed by atoms with Crippen LogP contribution in [-0.2, 0) is 0 Å². The van der Waals surface area contributed by atoms with Crippen molar-refractivity contribution in [2.45, 2.75) is 6.10 Å². The first-order chi connectivity index (χ1) is 8.22. The molecular weight excluding hydrogens is 220 g/mol. The number of nitrogens with one attached hydrogen (secondary N) is 2. The van der Waals surface area contributed by atoms with Crippen LogP contribution in [0.3, 0.4) is 0 Å². The van der Waals surface area contributed by atoms with Crippen LogP contribution in [0.1, 0.15) is 0 Å². The van der Waals surface area contributed by atoms with E-state index in [1.807, 2.05) is 6.07 Å². The highest BCUT2D eigenvalue weighted by atomic mass is 16.3. The van der Waals surface area contributed by atoms with Gasteiger partial charge in [0.1, 0.15) is 0 Å². The lowest BCUT2D eigenvalue weighted by Gasteiger charge is -2.11. The zero-order valence-corrected chi connectivity index (χ0v) is 9.18. The Morgan fingerprint density at radius 3 is 2.82 bits per heavy atom. The molecule has 1 aromatic heterocycles. The van der Waals surface area contributed by atoms with Gasteiger partial charge in [-0.2, -0.15) is 5.10 Å². The highest BCUT2D eigenvalue weighted by molar-refractivity contribution is 5.90. The van der Waals surface area contributed by atoms with Gasteiger partial charge in [-0.1, -0.05) is 18.2 Å². The Labute approximate surface area is 97.5 Å². The molecule has 0 saturated heterocycles. The van der Waals surface area contributed by atoms with Crippen LogP contribution in [0.5, 0.6) is 0 Å². The van der Waals surface area contributed by atoms with Crippen LogP contribution in [0, 0.1) is 0 Å². The summed E-state index contributed by atoms with van der Waals surface area (Å²) in [5, 5.41) is 19.9. The molecular formula is C11H14N4O2. The molecule has 1 atom stereocenters. The van der Waals surface area contributed by atoms with Crippen molar-refractivity contribution in [2.24, 2.45) is 5.73 Å². The standard InChI is InChI=1S/C11H14N4O2/c12-5-7(16)6-13-10-8-3-1-2-4-9(8)11(17)15-14-10/h1-4,7,16H,5-6,12H2,(H,13,14)(H,15,17). The van der Waals surface area contributed by atoms with Gasteiger partial charge in [0, 0.05) is 18.5 Å². The fraction of sp³-hybridized carbons (Fsp3) is 0.273. The summed E-state index contributed by atoms with van der Waals surface area (Å²) >= 11 is 0. The number of aliphatic hydroxyl groups is 1. The van der Waals surface area contributed by atoms with E-state index in [2.05, 4.69) is 15.5 Å². The van der Waals surface area contributed by atoms with Gasteiger partial charge in [-0.3, -0.25) is 4.79 Å². The molecule has 0 bridgehead atoms. The molecule has 0 radical (unpaired) electrons. The van der Waals surface area contributed by atoms with E-state index in [0.29, 0.717) is 17.7 Å². The Morgan fingerprint density at radius 2 is 2.12 bits per heavy atom. The van der Waals surface area contributed by atoms with Crippen molar-refractivity contribution in [2.75, 3.05) is 18.4 Å². The van der Waals surface area contributed by atoms with Crippen LogP contribution < -0.4 is 16.6 Å². The van der Waals surface area contributed by atoms with Gasteiger partial charge < -0.3 is 16.2 Å². The summed E-state index contributed by atoms with van der Waals surface area (Å²) < 4.78 is 0. The number of nitrogens with two attached hydrogens (primary N) is 1. The number of H-pyrrole nitrogens is 1. The second-order valence-electron chi connectivity index (χ2n) is 3.72. The number of fused-ring (bicyclic) bond motifs is 1. The molecule has 6 nitrogen and oxygen atoms in total. The van der Waals surface area contributed by atoms with Crippen molar-refractivity contribution < 1.29 is 5.11 Å². The molecule has 5 N–H and O–H groups in total. The van der Waals surface area contributed by atoms with Crippen molar-refractivity contribution >= 4 is 16.6 Å². The van der Waals surface area contributed by atoms with E-state index in [4.69, 9.17) is 5.73 Å². The first-order valence-electron chi connectivity index (χ1n) is 5.32. The third-order valence-electron chi connectivity index (χ3n) is 2.47. The van der Waals surface area contributed by atoms with E-state index >= 15 is 0 Å². The molecule has 0 saturated carbocycles. The summed E-state index contributed by atoms with van der Waals surface area (Å²) in [6, 6.07) is 7.14. The van der Waals surface area contributed by atoms with Crippen LogP contribution >= 0.6 is 0 Å². The zero-order valence-electron chi connectivity index (χ0n) is 9.18. The van der Waals surface area contributed by atoms with E-state index in [1.54, 1.807) is 18.2 Å². The highest BCUT2D eigenvalue weighted by Gasteiger charge is 2.07. The number of aromatic nitrogens is 2.